The summed E-state index contributed by atoms with van der Waals surface area (Å²) in [5.41, 5.74) is 2.76. The van der Waals surface area contributed by atoms with E-state index in [0.717, 1.165) is 27.2 Å². The van der Waals surface area contributed by atoms with Crippen molar-refractivity contribution in [2.45, 2.75) is 6.92 Å². The van der Waals surface area contributed by atoms with Crippen LogP contribution in [-0.4, -0.2) is 15.2 Å². The minimum Gasteiger partial charge on any atom is -0.294 e. The Morgan fingerprint density at radius 3 is 2.54 bits per heavy atom. The molecule has 0 atom stereocenters. The van der Waals surface area contributed by atoms with Crippen molar-refractivity contribution in [2.75, 3.05) is 0 Å². The molecule has 0 spiro atoms. The Morgan fingerprint density at radius 2 is 1.71 bits per heavy atom. The highest BCUT2D eigenvalue weighted by Gasteiger charge is 2.17. The molecule has 5 aromatic rings. The summed E-state index contributed by atoms with van der Waals surface area (Å²) in [5.74, 6) is -0.00905. The second-order valence-corrected chi connectivity index (χ2v) is 6.01. The standard InChI is InChI=1S/C20H12N2O2/c1-11(23)12-9-10-14-18-13(12)5-4-6-15(18)20(24)22-17-8-3-2-7-16(17)21-19(14)22/h2-10H,1H3. The first kappa shape index (κ1) is 13.2. The molecule has 0 amide bonds. The van der Waals surface area contributed by atoms with Crippen LogP contribution >= 0.6 is 0 Å². The maximum absolute atomic E-state index is 13.1. The third-order valence-corrected chi connectivity index (χ3v) is 4.66. The Labute approximate surface area is 136 Å². The van der Waals surface area contributed by atoms with Crippen LogP contribution < -0.4 is 5.56 Å². The first-order valence-corrected chi connectivity index (χ1v) is 7.76. The Kier molecular flexibility index (Phi) is 2.41. The van der Waals surface area contributed by atoms with Crippen molar-refractivity contribution in [3.8, 4) is 0 Å². The van der Waals surface area contributed by atoms with Gasteiger partial charge in [0.25, 0.3) is 5.56 Å². The number of carbonyl (C=O) groups is 1. The van der Waals surface area contributed by atoms with Crippen LogP contribution in [0.15, 0.2) is 59.4 Å². The van der Waals surface area contributed by atoms with Crippen molar-refractivity contribution < 1.29 is 4.79 Å². The molecule has 0 aliphatic carbocycles. The van der Waals surface area contributed by atoms with Crippen molar-refractivity contribution in [1.29, 1.82) is 0 Å². The van der Waals surface area contributed by atoms with E-state index in [-0.39, 0.29) is 11.3 Å². The third kappa shape index (κ3) is 1.50. The normalized spacial score (nSPS) is 11.9. The van der Waals surface area contributed by atoms with Gasteiger partial charge in [-0.05, 0) is 36.6 Å². The molecule has 0 N–H and O–H groups in total. The maximum atomic E-state index is 13.1. The predicted molar refractivity (Wildman–Crippen MR) is 95.2 cm³/mol. The molecule has 0 saturated heterocycles. The number of hydrogen-bond acceptors (Lipinski definition) is 3. The summed E-state index contributed by atoms with van der Waals surface area (Å²) >= 11 is 0. The smallest absolute Gasteiger partial charge is 0.264 e. The lowest BCUT2D eigenvalue weighted by Gasteiger charge is -2.09. The zero-order valence-electron chi connectivity index (χ0n) is 12.9. The average Bonchev–Trinajstić information content (AvgIpc) is 2.98. The van der Waals surface area contributed by atoms with E-state index in [0.29, 0.717) is 16.6 Å². The van der Waals surface area contributed by atoms with Gasteiger partial charge in [-0.15, -0.1) is 0 Å². The number of fused-ring (bicyclic) bond motifs is 4. The summed E-state index contributed by atoms with van der Waals surface area (Å²) in [6.07, 6.45) is 0. The molecule has 2 aromatic heterocycles. The number of rotatable bonds is 1. The van der Waals surface area contributed by atoms with E-state index in [1.165, 1.54) is 0 Å². The number of hydrogen-bond donors (Lipinski definition) is 0. The molecule has 0 aliphatic rings. The number of benzene rings is 3. The summed E-state index contributed by atoms with van der Waals surface area (Å²) < 4.78 is 1.67. The van der Waals surface area contributed by atoms with E-state index in [9.17, 15) is 9.59 Å². The number of imidazole rings is 1. The minimum atomic E-state index is -0.0995. The average molecular weight is 312 g/mol. The van der Waals surface area contributed by atoms with Gasteiger partial charge < -0.3 is 0 Å². The number of Topliss-reactive ketones (excluding diaryl/α,β-unsaturated/α-hetero) is 1. The Morgan fingerprint density at radius 1 is 0.917 bits per heavy atom. The largest absolute Gasteiger partial charge is 0.294 e. The quantitative estimate of drug-likeness (QED) is 0.442. The molecule has 0 unspecified atom stereocenters. The van der Waals surface area contributed by atoms with Crippen LogP contribution in [-0.2, 0) is 0 Å². The second kappa shape index (κ2) is 4.38. The molecule has 0 aliphatic heterocycles. The first-order valence-electron chi connectivity index (χ1n) is 7.76. The summed E-state index contributed by atoms with van der Waals surface area (Å²) in [6, 6.07) is 16.9. The molecule has 0 radical (unpaired) electrons. The highest BCUT2D eigenvalue weighted by atomic mass is 16.1. The molecular weight excluding hydrogens is 300 g/mol. The zero-order chi connectivity index (χ0) is 16.4. The highest BCUT2D eigenvalue weighted by molar-refractivity contribution is 6.21. The molecular formula is C20H12N2O2. The first-order chi connectivity index (χ1) is 11.7. The molecule has 2 heterocycles. The van der Waals surface area contributed by atoms with Crippen LogP contribution in [0.2, 0.25) is 0 Å². The van der Waals surface area contributed by atoms with Gasteiger partial charge in [-0.3, -0.25) is 14.0 Å². The van der Waals surface area contributed by atoms with Crippen molar-refractivity contribution in [2.24, 2.45) is 0 Å². The van der Waals surface area contributed by atoms with Crippen molar-refractivity contribution in [3.63, 3.8) is 0 Å². The monoisotopic (exact) mass is 312 g/mol. The van der Waals surface area contributed by atoms with Gasteiger partial charge in [0.05, 0.1) is 11.0 Å². The fourth-order valence-electron chi connectivity index (χ4n) is 3.61. The molecule has 4 nitrogen and oxygen atoms in total. The zero-order valence-corrected chi connectivity index (χ0v) is 12.9. The summed E-state index contributed by atoms with van der Waals surface area (Å²) in [6.45, 7) is 1.55. The van der Waals surface area contributed by atoms with Gasteiger partial charge in [-0.1, -0.05) is 30.3 Å². The second-order valence-electron chi connectivity index (χ2n) is 6.01. The maximum Gasteiger partial charge on any atom is 0.264 e. The molecule has 3 aromatic carbocycles. The minimum absolute atomic E-state index is 0.00905. The van der Waals surface area contributed by atoms with Gasteiger partial charge in [0.1, 0.15) is 5.65 Å². The van der Waals surface area contributed by atoms with E-state index in [1.54, 1.807) is 11.3 Å². The highest BCUT2D eigenvalue weighted by Crippen LogP contribution is 2.31. The molecule has 0 bridgehead atoms. The lowest BCUT2D eigenvalue weighted by molar-refractivity contribution is 0.101. The van der Waals surface area contributed by atoms with E-state index >= 15 is 0 Å². The summed E-state index contributed by atoms with van der Waals surface area (Å²) in [4.78, 5) is 29.7. The predicted octanol–water partition coefficient (Wildman–Crippen LogP) is 3.79. The number of aromatic nitrogens is 2. The molecule has 0 fully saturated rings. The molecule has 114 valence electrons. The molecule has 5 rings (SSSR count). The Balaban J connectivity index is 2.18. The van der Waals surface area contributed by atoms with Crippen LogP contribution in [0.4, 0.5) is 0 Å². The summed E-state index contributed by atoms with van der Waals surface area (Å²) in [7, 11) is 0. The van der Waals surface area contributed by atoms with Crippen LogP contribution in [0.25, 0.3) is 38.2 Å². The molecule has 24 heavy (non-hydrogen) atoms. The van der Waals surface area contributed by atoms with E-state index in [2.05, 4.69) is 4.98 Å². The lowest BCUT2D eigenvalue weighted by atomic mass is 9.96. The van der Waals surface area contributed by atoms with Gasteiger partial charge in [0, 0.05) is 21.7 Å². The Hall–Kier alpha value is -3.27. The van der Waals surface area contributed by atoms with Crippen LogP contribution in [0, 0.1) is 0 Å². The van der Waals surface area contributed by atoms with Crippen molar-refractivity contribution in [3.05, 3.63) is 70.5 Å². The number of pyridine rings is 1. The van der Waals surface area contributed by atoms with Gasteiger partial charge in [-0.2, -0.15) is 0 Å². The van der Waals surface area contributed by atoms with E-state index in [4.69, 9.17) is 0 Å². The number of para-hydroxylation sites is 2. The van der Waals surface area contributed by atoms with Crippen LogP contribution in [0.1, 0.15) is 17.3 Å². The topological polar surface area (TPSA) is 51.4 Å². The van der Waals surface area contributed by atoms with Crippen LogP contribution in [0.3, 0.4) is 0 Å². The lowest BCUT2D eigenvalue weighted by Crippen LogP contribution is -2.13. The summed E-state index contributed by atoms with van der Waals surface area (Å²) in [5, 5.41) is 3.13. The van der Waals surface area contributed by atoms with Gasteiger partial charge >= 0.3 is 0 Å². The molecule has 4 heteroatoms. The number of carbonyl (C=O) groups excluding carboxylic acids is 1. The van der Waals surface area contributed by atoms with Crippen molar-refractivity contribution >= 4 is 44.0 Å². The fraction of sp³-hybridized carbons (Fsp3) is 0.0500. The SMILES string of the molecule is CC(=O)c1ccc2c3c1cccc3c(=O)n1c3ccccc3nc21. The van der Waals surface area contributed by atoms with Gasteiger partial charge in [0.15, 0.2) is 5.78 Å². The van der Waals surface area contributed by atoms with E-state index in [1.807, 2.05) is 54.6 Å². The van der Waals surface area contributed by atoms with Gasteiger partial charge in [-0.25, -0.2) is 4.98 Å². The van der Waals surface area contributed by atoms with E-state index < -0.39 is 0 Å². The third-order valence-electron chi connectivity index (χ3n) is 4.66. The van der Waals surface area contributed by atoms with Crippen molar-refractivity contribution in [1.82, 2.24) is 9.38 Å². The number of nitrogens with zero attached hydrogens (tertiary/aromatic N) is 2. The van der Waals surface area contributed by atoms with Crippen LogP contribution in [0.5, 0.6) is 0 Å². The number of ketones is 1. The fourth-order valence-corrected chi connectivity index (χ4v) is 3.61. The van der Waals surface area contributed by atoms with Gasteiger partial charge in [0.2, 0.25) is 0 Å². The Bertz CT molecular complexity index is 1350. The molecule has 0 saturated carbocycles.